The van der Waals surface area contributed by atoms with Crippen LogP contribution in [0.5, 0.6) is 0 Å². The number of carbonyl (C=O) groups is 2. The van der Waals surface area contributed by atoms with Gasteiger partial charge in [0.05, 0.1) is 12.2 Å². The summed E-state index contributed by atoms with van der Waals surface area (Å²) in [5, 5.41) is 34.3. The number of hydrogen-bond acceptors (Lipinski definition) is 5. The van der Waals surface area contributed by atoms with Gasteiger partial charge in [0.1, 0.15) is 11.5 Å². The molecular formula is C24H37NO5. The Balaban J connectivity index is 2.18. The summed E-state index contributed by atoms with van der Waals surface area (Å²) in [5.41, 5.74) is 0.834. The summed E-state index contributed by atoms with van der Waals surface area (Å²) in [6, 6.07) is -0.117. The number of amides is 1. The van der Waals surface area contributed by atoms with E-state index in [-0.39, 0.29) is 36.0 Å². The zero-order valence-electron chi connectivity index (χ0n) is 18.8. The van der Waals surface area contributed by atoms with E-state index in [9.17, 15) is 24.9 Å². The van der Waals surface area contributed by atoms with Gasteiger partial charge in [-0.15, -0.1) is 0 Å². The molecular weight excluding hydrogens is 382 g/mol. The monoisotopic (exact) mass is 419 g/mol. The van der Waals surface area contributed by atoms with Gasteiger partial charge < -0.3 is 20.6 Å². The van der Waals surface area contributed by atoms with Crippen LogP contribution in [0.15, 0.2) is 23.3 Å². The van der Waals surface area contributed by atoms with Crippen molar-refractivity contribution in [2.75, 3.05) is 0 Å². The Morgan fingerprint density at radius 2 is 1.80 bits per heavy atom. The zero-order valence-corrected chi connectivity index (χ0v) is 18.8. The fourth-order valence-corrected chi connectivity index (χ4v) is 5.88. The quantitative estimate of drug-likeness (QED) is 0.405. The summed E-state index contributed by atoms with van der Waals surface area (Å²) in [4.78, 5) is 27.3. The van der Waals surface area contributed by atoms with Crippen molar-refractivity contribution < 1.29 is 24.9 Å². The number of rotatable bonds is 2. The van der Waals surface area contributed by atoms with Crippen LogP contribution in [0.3, 0.4) is 0 Å². The van der Waals surface area contributed by atoms with Gasteiger partial charge in [-0.1, -0.05) is 44.1 Å². The van der Waals surface area contributed by atoms with Crippen molar-refractivity contribution in [2.45, 2.75) is 84.7 Å². The maximum absolute atomic E-state index is 13.8. The number of aliphatic hydroxyl groups excluding tert-OH is 3. The lowest BCUT2D eigenvalue weighted by atomic mass is 9.54. The molecule has 3 aliphatic rings. The van der Waals surface area contributed by atoms with Gasteiger partial charge in [-0.3, -0.25) is 9.59 Å². The maximum Gasteiger partial charge on any atom is 0.235 e. The van der Waals surface area contributed by atoms with Crippen molar-refractivity contribution in [3.05, 3.63) is 23.3 Å². The molecule has 0 unspecified atom stereocenters. The van der Waals surface area contributed by atoms with Gasteiger partial charge in [0.25, 0.3) is 0 Å². The van der Waals surface area contributed by atoms with Crippen LogP contribution in [0, 0.1) is 29.1 Å². The second kappa shape index (κ2) is 8.56. The molecule has 0 aromatic heterocycles. The molecule has 2 aliphatic carbocycles. The molecule has 1 spiro atoms. The molecule has 3 rings (SSSR count). The lowest BCUT2D eigenvalue weighted by Crippen LogP contribution is -2.53. The second-order valence-electron chi connectivity index (χ2n) is 10.1. The van der Waals surface area contributed by atoms with Crippen LogP contribution in [-0.2, 0) is 9.59 Å². The Hall–Kier alpha value is -1.50. The number of Topliss-reactive ketones (excluding diaryl/α,β-unsaturated/α-hetero) is 1. The Morgan fingerprint density at radius 3 is 2.43 bits per heavy atom. The summed E-state index contributed by atoms with van der Waals surface area (Å²) in [5.74, 6) is -0.827. The SMILES string of the molecule is CC1=C[C@H]2/C=C(/C)CC[C@H](O)[C@H](O)[C@@H](O)CC(=O)[C@@]23C(=O)N[C@@H](CC(C)C)[C@H]3[C@H]1C. The van der Waals surface area contributed by atoms with Gasteiger partial charge in [-0.2, -0.15) is 0 Å². The van der Waals surface area contributed by atoms with E-state index in [0.717, 1.165) is 12.0 Å². The first-order valence-electron chi connectivity index (χ1n) is 11.2. The van der Waals surface area contributed by atoms with Crippen molar-refractivity contribution in [1.82, 2.24) is 5.32 Å². The van der Waals surface area contributed by atoms with Crippen molar-refractivity contribution in [3.8, 4) is 0 Å². The van der Waals surface area contributed by atoms with Crippen molar-refractivity contribution >= 4 is 11.7 Å². The molecule has 1 aliphatic heterocycles. The first-order valence-corrected chi connectivity index (χ1v) is 11.2. The molecule has 1 fully saturated rings. The minimum absolute atomic E-state index is 0.0411. The third-order valence-electron chi connectivity index (χ3n) is 7.54. The van der Waals surface area contributed by atoms with Crippen LogP contribution in [0.1, 0.15) is 60.3 Å². The van der Waals surface area contributed by atoms with Crippen LogP contribution in [0.2, 0.25) is 0 Å². The lowest BCUT2D eigenvalue weighted by molar-refractivity contribution is -0.148. The number of allylic oxidation sites excluding steroid dienone is 4. The predicted octanol–water partition coefficient (Wildman–Crippen LogP) is 2.13. The summed E-state index contributed by atoms with van der Waals surface area (Å²) >= 11 is 0. The van der Waals surface area contributed by atoms with Crippen LogP contribution in [0.25, 0.3) is 0 Å². The molecule has 0 saturated carbocycles. The van der Waals surface area contributed by atoms with Gasteiger partial charge in [-0.05, 0) is 44.9 Å². The van der Waals surface area contributed by atoms with Gasteiger partial charge in [0, 0.05) is 24.3 Å². The largest absolute Gasteiger partial charge is 0.390 e. The minimum atomic E-state index is -1.41. The van der Waals surface area contributed by atoms with Crippen molar-refractivity contribution in [2.24, 2.45) is 29.1 Å². The Bertz CT molecular complexity index is 757. The summed E-state index contributed by atoms with van der Waals surface area (Å²) in [7, 11) is 0. The topological polar surface area (TPSA) is 107 Å². The van der Waals surface area contributed by atoms with Crippen molar-refractivity contribution in [3.63, 3.8) is 0 Å². The smallest absolute Gasteiger partial charge is 0.235 e. The molecule has 30 heavy (non-hydrogen) atoms. The average Bonchev–Trinajstić information content (AvgIpc) is 2.94. The molecule has 6 heteroatoms. The molecule has 168 valence electrons. The second-order valence-corrected chi connectivity index (χ2v) is 10.1. The van der Waals surface area contributed by atoms with Gasteiger partial charge in [0.2, 0.25) is 5.91 Å². The fraction of sp³-hybridized carbons (Fsp3) is 0.750. The molecule has 1 saturated heterocycles. The highest BCUT2D eigenvalue weighted by atomic mass is 16.4. The van der Waals surface area contributed by atoms with Gasteiger partial charge >= 0.3 is 0 Å². The Labute approximate surface area is 179 Å². The number of aliphatic hydroxyl groups is 3. The Kier molecular flexibility index (Phi) is 6.61. The van der Waals surface area contributed by atoms with Gasteiger partial charge in [-0.25, -0.2) is 0 Å². The maximum atomic E-state index is 13.8. The van der Waals surface area contributed by atoms with E-state index in [1.54, 1.807) is 0 Å². The third-order valence-corrected chi connectivity index (χ3v) is 7.54. The first-order chi connectivity index (χ1) is 14.0. The molecule has 1 amide bonds. The molecule has 0 aromatic carbocycles. The molecule has 1 heterocycles. The molecule has 8 atom stereocenters. The highest BCUT2D eigenvalue weighted by molar-refractivity contribution is 6.09. The molecule has 4 N–H and O–H groups in total. The predicted molar refractivity (Wildman–Crippen MR) is 114 cm³/mol. The number of carbonyl (C=O) groups excluding carboxylic acids is 2. The van der Waals surface area contributed by atoms with Crippen LogP contribution in [-0.4, -0.2) is 51.4 Å². The molecule has 0 bridgehead atoms. The summed E-state index contributed by atoms with van der Waals surface area (Å²) in [6.45, 7) is 10.3. The lowest BCUT2D eigenvalue weighted by Gasteiger charge is -2.45. The normalized spacial score (nSPS) is 44.4. The number of ketones is 1. The molecule has 6 nitrogen and oxygen atoms in total. The molecule has 0 aromatic rings. The van der Waals surface area contributed by atoms with Crippen LogP contribution in [0.4, 0.5) is 0 Å². The van der Waals surface area contributed by atoms with E-state index in [4.69, 9.17) is 0 Å². The van der Waals surface area contributed by atoms with Crippen LogP contribution >= 0.6 is 0 Å². The standard InChI is InChI=1S/C24H37NO5/c1-12(2)8-17-21-15(5)14(4)10-16-9-13(3)6-7-18(26)22(29)19(27)11-20(28)24(16,21)23(30)25-17/h9-10,12,15-19,21-22,26-27,29H,6-8,11H2,1-5H3,(H,25,30)/b13-9-/t15-,16+,17-,18-,19-,21+,22-,24-/m0/s1. The summed E-state index contributed by atoms with van der Waals surface area (Å²) < 4.78 is 0. The minimum Gasteiger partial charge on any atom is -0.390 e. The Morgan fingerprint density at radius 1 is 1.13 bits per heavy atom. The third kappa shape index (κ3) is 3.78. The first kappa shape index (κ1) is 23.2. The number of hydrogen-bond donors (Lipinski definition) is 4. The van der Waals surface area contributed by atoms with E-state index in [1.807, 2.05) is 19.1 Å². The van der Waals surface area contributed by atoms with Crippen molar-refractivity contribution in [1.29, 1.82) is 0 Å². The highest BCUT2D eigenvalue weighted by Gasteiger charge is 2.65. The number of nitrogens with one attached hydrogen (secondary N) is 1. The van der Waals surface area contributed by atoms with Crippen LogP contribution < -0.4 is 5.32 Å². The van der Waals surface area contributed by atoms with E-state index < -0.39 is 29.6 Å². The van der Waals surface area contributed by atoms with Gasteiger partial charge in [0.15, 0.2) is 5.78 Å². The van der Waals surface area contributed by atoms with E-state index in [1.165, 1.54) is 5.57 Å². The average molecular weight is 420 g/mol. The molecule has 0 radical (unpaired) electrons. The van der Waals surface area contributed by atoms with E-state index >= 15 is 0 Å². The summed E-state index contributed by atoms with van der Waals surface area (Å²) in [6.07, 6.45) is 1.35. The van der Waals surface area contributed by atoms with E-state index in [2.05, 4.69) is 33.0 Å². The van der Waals surface area contributed by atoms with E-state index in [0.29, 0.717) is 18.8 Å². The fourth-order valence-electron chi connectivity index (χ4n) is 5.88. The highest BCUT2D eigenvalue weighted by Crippen LogP contribution is 2.55. The zero-order chi connectivity index (χ0) is 22.4.